The Bertz CT molecular complexity index is 1440. The van der Waals surface area contributed by atoms with E-state index in [-0.39, 0.29) is 48.2 Å². The predicted molar refractivity (Wildman–Crippen MR) is 132 cm³/mol. The number of hydrogen-bond acceptors (Lipinski definition) is 7. The number of benzene rings is 1. The molecule has 2 aromatic heterocycles. The Kier molecular flexibility index (Phi) is 7.07. The molecule has 0 atom stereocenters. The Morgan fingerprint density at radius 1 is 1.19 bits per heavy atom. The number of aromatic hydroxyl groups is 1. The molecule has 10 nitrogen and oxygen atoms in total. The van der Waals surface area contributed by atoms with Crippen molar-refractivity contribution in [3.05, 3.63) is 59.2 Å². The van der Waals surface area contributed by atoms with Crippen LogP contribution in [0.15, 0.2) is 36.5 Å². The highest BCUT2D eigenvalue weighted by Crippen LogP contribution is 2.35. The van der Waals surface area contributed by atoms with Gasteiger partial charge < -0.3 is 15.3 Å². The largest absolute Gasteiger partial charge is 0.504 e. The molecule has 4 rings (SSSR count). The van der Waals surface area contributed by atoms with Gasteiger partial charge in [-0.2, -0.15) is 0 Å². The summed E-state index contributed by atoms with van der Waals surface area (Å²) >= 11 is 0. The number of rotatable bonds is 6. The Labute approximate surface area is 207 Å². The molecule has 2 N–H and O–H groups in total. The van der Waals surface area contributed by atoms with Gasteiger partial charge in [-0.3, -0.25) is 18.9 Å². The summed E-state index contributed by atoms with van der Waals surface area (Å²) in [5.74, 6) is -2.02. The number of carbonyl (C=O) groups excluding carboxylic acids is 2. The third-order valence-corrected chi connectivity index (χ3v) is 7.80. The molecule has 2 amide bonds. The summed E-state index contributed by atoms with van der Waals surface area (Å²) in [4.78, 5) is 35.1. The molecule has 36 heavy (non-hydrogen) atoms. The molecule has 3 heterocycles. The highest BCUT2D eigenvalue weighted by molar-refractivity contribution is 7.92. The number of nitrogens with one attached hydrogen (secondary N) is 1. The molecular formula is C24H26FN5O5S. The topological polar surface area (TPSA) is 133 Å². The monoisotopic (exact) mass is 515 g/mol. The van der Waals surface area contributed by atoms with Gasteiger partial charge >= 0.3 is 0 Å². The minimum absolute atomic E-state index is 0.0276. The number of halogens is 1. The number of sulfonamides is 1. The van der Waals surface area contributed by atoms with Gasteiger partial charge in [-0.15, -0.1) is 0 Å². The van der Waals surface area contributed by atoms with Crippen LogP contribution in [0.5, 0.6) is 5.75 Å². The fourth-order valence-corrected chi connectivity index (χ4v) is 5.59. The molecule has 0 radical (unpaired) electrons. The fourth-order valence-electron chi connectivity index (χ4n) is 3.99. The zero-order valence-electron chi connectivity index (χ0n) is 19.9. The van der Waals surface area contributed by atoms with Crippen LogP contribution < -0.4 is 9.62 Å². The SMILES string of the molecule is CN(C)C(=O)Cc1cc(F)ccc1CNC(=O)c1nc(N2CCCCS2(=O)=O)c2cccnc2c1O. The molecule has 0 unspecified atom stereocenters. The average molecular weight is 516 g/mol. The van der Waals surface area contributed by atoms with Gasteiger partial charge in [0.2, 0.25) is 15.9 Å². The van der Waals surface area contributed by atoms with Crippen LogP contribution in [0.25, 0.3) is 10.9 Å². The Morgan fingerprint density at radius 2 is 1.97 bits per heavy atom. The van der Waals surface area contributed by atoms with Crippen molar-refractivity contribution in [2.75, 3.05) is 30.7 Å². The van der Waals surface area contributed by atoms with E-state index >= 15 is 0 Å². The van der Waals surface area contributed by atoms with E-state index in [4.69, 9.17) is 0 Å². The lowest BCUT2D eigenvalue weighted by atomic mass is 10.0. The van der Waals surface area contributed by atoms with Crippen LogP contribution in [0.2, 0.25) is 0 Å². The smallest absolute Gasteiger partial charge is 0.274 e. The van der Waals surface area contributed by atoms with Gasteiger partial charge in [0.05, 0.1) is 12.2 Å². The van der Waals surface area contributed by atoms with Crippen molar-refractivity contribution < 1.29 is 27.5 Å². The van der Waals surface area contributed by atoms with Crippen LogP contribution in [0, 0.1) is 5.82 Å². The number of amides is 2. The second-order valence-electron chi connectivity index (χ2n) is 8.69. The average Bonchev–Trinajstić information content (AvgIpc) is 2.84. The van der Waals surface area contributed by atoms with Crippen LogP contribution in [0.4, 0.5) is 10.2 Å². The zero-order valence-corrected chi connectivity index (χ0v) is 20.7. The molecule has 190 valence electrons. The normalized spacial score (nSPS) is 15.0. The minimum Gasteiger partial charge on any atom is -0.504 e. The van der Waals surface area contributed by atoms with E-state index in [0.29, 0.717) is 29.4 Å². The lowest BCUT2D eigenvalue weighted by Crippen LogP contribution is -2.39. The van der Waals surface area contributed by atoms with E-state index in [1.54, 1.807) is 26.2 Å². The van der Waals surface area contributed by atoms with Gasteiger partial charge in [-0.1, -0.05) is 6.07 Å². The first-order valence-electron chi connectivity index (χ1n) is 11.3. The van der Waals surface area contributed by atoms with Crippen LogP contribution in [0.3, 0.4) is 0 Å². The lowest BCUT2D eigenvalue weighted by molar-refractivity contribution is -0.127. The highest BCUT2D eigenvalue weighted by Gasteiger charge is 2.31. The summed E-state index contributed by atoms with van der Waals surface area (Å²) in [7, 11) is -0.471. The van der Waals surface area contributed by atoms with Gasteiger partial charge in [-0.25, -0.2) is 17.8 Å². The summed E-state index contributed by atoms with van der Waals surface area (Å²) in [6.45, 7) is 0.123. The fraction of sp³-hybridized carbons (Fsp3) is 0.333. The molecule has 1 fully saturated rings. The number of likely N-dealkylation sites (N-methyl/N-ethyl adjacent to an activating group) is 1. The maximum atomic E-state index is 13.8. The van der Waals surface area contributed by atoms with Gasteiger partial charge in [0.1, 0.15) is 11.3 Å². The molecule has 1 aliphatic heterocycles. The second-order valence-corrected chi connectivity index (χ2v) is 10.7. The second kappa shape index (κ2) is 10.1. The van der Waals surface area contributed by atoms with E-state index in [9.17, 15) is 27.5 Å². The quantitative estimate of drug-likeness (QED) is 0.513. The molecule has 12 heteroatoms. The van der Waals surface area contributed by atoms with Crippen LogP contribution in [-0.4, -0.2) is 66.6 Å². The zero-order chi connectivity index (χ0) is 26.0. The maximum absolute atomic E-state index is 13.8. The van der Waals surface area contributed by atoms with E-state index < -0.39 is 27.5 Å². The van der Waals surface area contributed by atoms with Crippen molar-refractivity contribution in [3.63, 3.8) is 0 Å². The van der Waals surface area contributed by atoms with Crippen LogP contribution in [0.1, 0.15) is 34.5 Å². The molecule has 3 aromatic rings. The molecule has 1 aromatic carbocycles. The van der Waals surface area contributed by atoms with Crippen LogP contribution >= 0.6 is 0 Å². The molecular weight excluding hydrogens is 489 g/mol. The number of aromatic nitrogens is 2. The molecule has 0 saturated carbocycles. The molecule has 1 saturated heterocycles. The summed E-state index contributed by atoms with van der Waals surface area (Å²) in [6.07, 6.45) is 2.52. The van der Waals surface area contributed by atoms with Gasteiger partial charge in [-0.05, 0) is 48.2 Å². The number of hydrogen-bond donors (Lipinski definition) is 2. The Balaban J connectivity index is 1.68. The highest BCUT2D eigenvalue weighted by atomic mass is 32.2. The first-order chi connectivity index (χ1) is 17.1. The van der Waals surface area contributed by atoms with E-state index in [1.165, 1.54) is 29.3 Å². The summed E-state index contributed by atoms with van der Waals surface area (Å²) < 4.78 is 40.5. The third-order valence-electron chi connectivity index (χ3n) is 5.96. The van der Waals surface area contributed by atoms with Gasteiger partial charge in [0.15, 0.2) is 17.3 Å². The summed E-state index contributed by atoms with van der Waals surface area (Å²) in [6, 6.07) is 7.10. The first-order valence-corrected chi connectivity index (χ1v) is 12.9. The first kappa shape index (κ1) is 25.3. The maximum Gasteiger partial charge on any atom is 0.274 e. The minimum atomic E-state index is -3.65. The standard InChI is InChI=1S/C24H26FN5O5S/c1-29(2)19(31)13-16-12-17(25)8-7-15(16)14-27-24(33)21-22(32)20-18(6-5-9-26-20)23(28-21)30-10-3-4-11-36(30,34)35/h5-9,12,32H,3-4,10-11,13-14H2,1-2H3,(H,27,33). The number of carbonyl (C=O) groups is 2. The lowest BCUT2D eigenvalue weighted by Gasteiger charge is -2.28. The Morgan fingerprint density at radius 3 is 2.69 bits per heavy atom. The number of fused-ring (bicyclic) bond motifs is 1. The van der Waals surface area contributed by atoms with Gasteiger partial charge in [0.25, 0.3) is 5.91 Å². The van der Waals surface area contributed by atoms with Gasteiger partial charge in [0, 0.05) is 38.8 Å². The van der Waals surface area contributed by atoms with Crippen molar-refractivity contribution in [2.24, 2.45) is 0 Å². The third kappa shape index (κ3) is 5.08. The summed E-state index contributed by atoms with van der Waals surface area (Å²) in [5.41, 5.74) is 0.584. The molecule has 0 bridgehead atoms. The van der Waals surface area contributed by atoms with Crippen molar-refractivity contribution in [2.45, 2.75) is 25.8 Å². The van der Waals surface area contributed by atoms with Crippen molar-refractivity contribution in [1.82, 2.24) is 20.2 Å². The van der Waals surface area contributed by atoms with Crippen molar-refractivity contribution in [3.8, 4) is 5.75 Å². The number of nitrogens with zero attached hydrogens (tertiary/aromatic N) is 4. The molecule has 1 aliphatic rings. The van der Waals surface area contributed by atoms with E-state index in [1.807, 2.05) is 0 Å². The van der Waals surface area contributed by atoms with Crippen LogP contribution in [-0.2, 0) is 27.8 Å². The summed E-state index contributed by atoms with van der Waals surface area (Å²) in [5, 5.41) is 13.7. The van der Waals surface area contributed by atoms with E-state index in [2.05, 4.69) is 15.3 Å². The van der Waals surface area contributed by atoms with Crippen molar-refractivity contribution in [1.29, 1.82) is 0 Å². The predicted octanol–water partition coefficient (Wildman–Crippen LogP) is 1.97. The number of pyridine rings is 2. The molecule has 0 spiro atoms. The molecule has 0 aliphatic carbocycles. The van der Waals surface area contributed by atoms with Crippen molar-refractivity contribution >= 4 is 38.6 Å². The number of anilines is 1. The van der Waals surface area contributed by atoms with E-state index in [0.717, 1.165) is 4.31 Å². The Hall–Kier alpha value is -3.80.